The van der Waals surface area contributed by atoms with Gasteiger partial charge < -0.3 is 15.0 Å². The number of nitrogens with one attached hydrogen (secondary N) is 1. The molecule has 2 rings (SSSR count). The standard InChI is InChI=1S/C17H34N2O/c1-3-10-18-14-17(8-11-20-12-9-17)15-19(2)13-16-6-4-5-7-16/h16,18H,3-15H2,1-2H3. The molecular weight excluding hydrogens is 248 g/mol. The SMILES string of the molecule is CCCNCC1(CN(C)CC2CCCC2)CCOCC1. The van der Waals surface area contributed by atoms with Crippen LogP contribution in [0.15, 0.2) is 0 Å². The number of hydrogen-bond donors (Lipinski definition) is 1. The van der Waals surface area contributed by atoms with Gasteiger partial charge in [-0.25, -0.2) is 0 Å². The molecule has 0 amide bonds. The van der Waals surface area contributed by atoms with Crippen molar-refractivity contribution in [3.8, 4) is 0 Å². The number of nitrogens with zero attached hydrogens (tertiary/aromatic N) is 1. The summed E-state index contributed by atoms with van der Waals surface area (Å²) in [4.78, 5) is 2.61. The fourth-order valence-electron chi connectivity index (χ4n) is 4.00. The lowest BCUT2D eigenvalue weighted by atomic mass is 9.79. The van der Waals surface area contributed by atoms with Gasteiger partial charge >= 0.3 is 0 Å². The predicted octanol–water partition coefficient (Wildman–Crippen LogP) is 2.90. The summed E-state index contributed by atoms with van der Waals surface area (Å²) >= 11 is 0. The number of ether oxygens (including phenoxy) is 1. The van der Waals surface area contributed by atoms with E-state index in [1.54, 1.807) is 0 Å². The van der Waals surface area contributed by atoms with E-state index in [0.29, 0.717) is 5.41 Å². The van der Waals surface area contributed by atoms with Gasteiger partial charge in [-0.2, -0.15) is 0 Å². The first-order chi connectivity index (χ1) is 9.74. The van der Waals surface area contributed by atoms with E-state index in [0.717, 1.165) is 25.7 Å². The van der Waals surface area contributed by atoms with Crippen LogP contribution in [-0.4, -0.2) is 51.3 Å². The first kappa shape index (κ1) is 16.3. The zero-order chi connectivity index (χ0) is 14.3. The van der Waals surface area contributed by atoms with E-state index in [4.69, 9.17) is 4.74 Å². The van der Waals surface area contributed by atoms with Crippen molar-refractivity contribution in [2.75, 3.05) is 46.4 Å². The third kappa shape index (κ3) is 5.01. The Bertz CT molecular complexity index is 258. The second-order valence-electron chi connectivity index (χ2n) is 7.14. The minimum Gasteiger partial charge on any atom is -0.381 e. The summed E-state index contributed by atoms with van der Waals surface area (Å²) in [5.74, 6) is 0.959. The van der Waals surface area contributed by atoms with Gasteiger partial charge in [0, 0.05) is 32.8 Å². The maximum absolute atomic E-state index is 5.60. The highest BCUT2D eigenvalue weighted by Crippen LogP contribution is 2.32. The van der Waals surface area contributed by atoms with Crippen molar-refractivity contribution in [1.29, 1.82) is 0 Å². The molecule has 2 fully saturated rings. The second kappa shape index (κ2) is 8.35. The van der Waals surface area contributed by atoms with Crippen molar-refractivity contribution in [2.24, 2.45) is 11.3 Å². The molecule has 2 aliphatic rings. The maximum Gasteiger partial charge on any atom is 0.0472 e. The summed E-state index contributed by atoms with van der Waals surface area (Å²) in [6.07, 6.45) is 9.48. The zero-order valence-electron chi connectivity index (χ0n) is 13.6. The van der Waals surface area contributed by atoms with Crippen LogP contribution < -0.4 is 5.32 Å². The summed E-state index contributed by atoms with van der Waals surface area (Å²) in [5.41, 5.74) is 0.445. The third-order valence-electron chi connectivity index (χ3n) is 5.13. The first-order valence-electron chi connectivity index (χ1n) is 8.71. The Hall–Kier alpha value is -0.120. The highest BCUT2D eigenvalue weighted by atomic mass is 16.5. The van der Waals surface area contributed by atoms with Gasteiger partial charge in [0.1, 0.15) is 0 Å². The highest BCUT2D eigenvalue weighted by Gasteiger charge is 2.33. The highest BCUT2D eigenvalue weighted by molar-refractivity contribution is 4.87. The van der Waals surface area contributed by atoms with Crippen LogP contribution in [0.2, 0.25) is 0 Å². The van der Waals surface area contributed by atoms with E-state index in [1.165, 1.54) is 64.6 Å². The Morgan fingerprint density at radius 2 is 1.90 bits per heavy atom. The van der Waals surface area contributed by atoms with Gasteiger partial charge in [-0.1, -0.05) is 19.8 Å². The molecule has 0 aromatic rings. The van der Waals surface area contributed by atoms with Crippen molar-refractivity contribution in [1.82, 2.24) is 10.2 Å². The largest absolute Gasteiger partial charge is 0.381 e. The van der Waals surface area contributed by atoms with Crippen LogP contribution >= 0.6 is 0 Å². The third-order valence-corrected chi connectivity index (χ3v) is 5.13. The Kier molecular flexibility index (Phi) is 6.79. The number of hydrogen-bond acceptors (Lipinski definition) is 3. The van der Waals surface area contributed by atoms with Crippen LogP contribution in [0.1, 0.15) is 51.9 Å². The fraction of sp³-hybridized carbons (Fsp3) is 1.00. The van der Waals surface area contributed by atoms with Gasteiger partial charge in [-0.15, -0.1) is 0 Å². The second-order valence-corrected chi connectivity index (χ2v) is 7.14. The molecule has 0 aromatic carbocycles. The van der Waals surface area contributed by atoms with Crippen molar-refractivity contribution >= 4 is 0 Å². The van der Waals surface area contributed by atoms with E-state index < -0.39 is 0 Å². The van der Waals surface area contributed by atoms with Gasteiger partial charge in [0.05, 0.1) is 0 Å². The van der Waals surface area contributed by atoms with E-state index in [9.17, 15) is 0 Å². The first-order valence-corrected chi connectivity index (χ1v) is 8.71. The minimum absolute atomic E-state index is 0.445. The lowest BCUT2D eigenvalue weighted by Gasteiger charge is -2.41. The monoisotopic (exact) mass is 282 g/mol. The number of rotatable bonds is 8. The normalized spacial score (nSPS) is 23.6. The van der Waals surface area contributed by atoms with Crippen LogP contribution in [0, 0.1) is 11.3 Å². The van der Waals surface area contributed by atoms with Crippen molar-refractivity contribution < 1.29 is 4.74 Å². The Morgan fingerprint density at radius 3 is 2.55 bits per heavy atom. The van der Waals surface area contributed by atoms with Gasteiger partial charge in [-0.3, -0.25) is 0 Å². The van der Waals surface area contributed by atoms with Gasteiger partial charge in [0.25, 0.3) is 0 Å². The van der Waals surface area contributed by atoms with Crippen LogP contribution in [0.25, 0.3) is 0 Å². The lowest BCUT2D eigenvalue weighted by molar-refractivity contribution is -0.00222. The molecular formula is C17H34N2O. The molecule has 1 N–H and O–H groups in total. The summed E-state index contributed by atoms with van der Waals surface area (Å²) in [5, 5.41) is 3.66. The van der Waals surface area contributed by atoms with E-state index in [-0.39, 0.29) is 0 Å². The summed E-state index contributed by atoms with van der Waals surface area (Å²) in [6.45, 7) is 9.00. The molecule has 0 atom stereocenters. The van der Waals surface area contributed by atoms with E-state index in [1.807, 2.05) is 0 Å². The van der Waals surface area contributed by atoms with Crippen molar-refractivity contribution in [3.63, 3.8) is 0 Å². The maximum atomic E-state index is 5.60. The topological polar surface area (TPSA) is 24.5 Å². The molecule has 1 saturated carbocycles. The minimum atomic E-state index is 0.445. The van der Waals surface area contributed by atoms with E-state index >= 15 is 0 Å². The molecule has 0 spiro atoms. The predicted molar refractivity (Wildman–Crippen MR) is 85.1 cm³/mol. The molecule has 1 saturated heterocycles. The van der Waals surface area contributed by atoms with Crippen LogP contribution in [-0.2, 0) is 4.74 Å². The van der Waals surface area contributed by atoms with Gasteiger partial charge in [0.15, 0.2) is 0 Å². The molecule has 0 radical (unpaired) electrons. The molecule has 1 heterocycles. The average Bonchev–Trinajstić information content (AvgIpc) is 2.92. The molecule has 1 aliphatic heterocycles. The molecule has 118 valence electrons. The van der Waals surface area contributed by atoms with Crippen LogP contribution in [0.4, 0.5) is 0 Å². The van der Waals surface area contributed by atoms with Crippen molar-refractivity contribution in [3.05, 3.63) is 0 Å². The summed E-state index contributed by atoms with van der Waals surface area (Å²) < 4.78 is 5.60. The molecule has 0 bridgehead atoms. The smallest absolute Gasteiger partial charge is 0.0472 e. The van der Waals surface area contributed by atoms with Crippen molar-refractivity contribution in [2.45, 2.75) is 51.9 Å². The Balaban J connectivity index is 1.81. The Morgan fingerprint density at radius 1 is 1.20 bits per heavy atom. The molecule has 20 heavy (non-hydrogen) atoms. The molecule has 3 nitrogen and oxygen atoms in total. The summed E-state index contributed by atoms with van der Waals surface area (Å²) in [7, 11) is 2.33. The lowest BCUT2D eigenvalue weighted by Crippen LogP contribution is -2.47. The van der Waals surface area contributed by atoms with Crippen LogP contribution in [0.3, 0.4) is 0 Å². The Labute approximate surface area is 125 Å². The average molecular weight is 282 g/mol. The molecule has 3 heteroatoms. The quantitative estimate of drug-likeness (QED) is 0.693. The molecule has 0 unspecified atom stereocenters. The molecule has 1 aliphatic carbocycles. The van der Waals surface area contributed by atoms with E-state index in [2.05, 4.69) is 24.2 Å². The zero-order valence-corrected chi connectivity index (χ0v) is 13.6. The van der Waals surface area contributed by atoms with Gasteiger partial charge in [0.2, 0.25) is 0 Å². The van der Waals surface area contributed by atoms with Gasteiger partial charge in [-0.05, 0) is 57.0 Å². The summed E-state index contributed by atoms with van der Waals surface area (Å²) in [6, 6.07) is 0. The molecule has 0 aromatic heterocycles. The fourth-order valence-corrected chi connectivity index (χ4v) is 4.00. The van der Waals surface area contributed by atoms with Crippen LogP contribution in [0.5, 0.6) is 0 Å².